The van der Waals surface area contributed by atoms with E-state index in [0.717, 1.165) is 37.4 Å². The lowest BCUT2D eigenvalue weighted by atomic mass is 10.0. The molecule has 0 saturated heterocycles. The topological polar surface area (TPSA) is 21.3 Å². The van der Waals surface area contributed by atoms with Crippen LogP contribution in [0, 0.1) is 0 Å². The summed E-state index contributed by atoms with van der Waals surface area (Å²) in [6.07, 6.45) is 3.32. The van der Waals surface area contributed by atoms with E-state index in [1.54, 1.807) is 7.11 Å². The number of hydrogen-bond acceptors (Lipinski definition) is 2. The molecular weight excluding hydrogens is 234 g/mol. The molecule has 96 valence electrons. The number of ether oxygens (including phenoxy) is 1. The summed E-state index contributed by atoms with van der Waals surface area (Å²) in [5.41, 5.74) is 1.27. The van der Waals surface area contributed by atoms with Crippen molar-refractivity contribution in [2.45, 2.75) is 32.2 Å². The van der Waals surface area contributed by atoms with Crippen LogP contribution in [0.15, 0.2) is 24.3 Å². The molecule has 0 spiro atoms. The number of methoxy groups -OCH3 is 1. The lowest BCUT2D eigenvalue weighted by Crippen LogP contribution is -2.22. The van der Waals surface area contributed by atoms with Gasteiger partial charge in [0.15, 0.2) is 0 Å². The Hall–Kier alpha value is -0.570. The Morgan fingerprint density at radius 2 is 2.18 bits per heavy atom. The van der Waals surface area contributed by atoms with Gasteiger partial charge in [0, 0.05) is 24.8 Å². The van der Waals surface area contributed by atoms with Crippen LogP contribution >= 0.6 is 11.6 Å². The average Bonchev–Trinajstić information content (AvgIpc) is 2.34. The van der Waals surface area contributed by atoms with E-state index in [4.69, 9.17) is 16.3 Å². The van der Waals surface area contributed by atoms with E-state index in [9.17, 15) is 0 Å². The van der Waals surface area contributed by atoms with Gasteiger partial charge in [-0.05, 0) is 43.5 Å². The Bertz CT molecular complexity index is 317. The van der Waals surface area contributed by atoms with Crippen molar-refractivity contribution < 1.29 is 4.74 Å². The Kier molecular flexibility index (Phi) is 7.25. The van der Waals surface area contributed by atoms with Crippen LogP contribution < -0.4 is 5.32 Å². The molecule has 1 rings (SSSR count). The number of unbranched alkanes of at least 4 members (excludes halogenated alkanes) is 1. The third kappa shape index (κ3) is 5.53. The molecule has 1 aromatic rings. The molecule has 0 aliphatic heterocycles. The monoisotopic (exact) mass is 255 g/mol. The zero-order valence-corrected chi connectivity index (χ0v) is 11.5. The van der Waals surface area contributed by atoms with Gasteiger partial charge in [-0.3, -0.25) is 0 Å². The molecule has 1 N–H and O–H groups in total. The molecule has 0 radical (unpaired) electrons. The van der Waals surface area contributed by atoms with Crippen molar-refractivity contribution in [2.24, 2.45) is 0 Å². The normalized spacial score (nSPS) is 12.6. The first kappa shape index (κ1) is 14.5. The molecule has 1 atom stereocenters. The molecule has 1 aromatic carbocycles. The maximum absolute atomic E-state index is 6.00. The standard InChI is InChI=1S/C14H22ClNO/c1-3-14(16-9-4-5-10-17-2)12-7-6-8-13(15)11-12/h6-8,11,14,16H,3-5,9-10H2,1-2H3. The first-order valence-corrected chi connectivity index (χ1v) is 6.63. The summed E-state index contributed by atoms with van der Waals surface area (Å²) in [5.74, 6) is 0. The average molecular weight is 256 g/mol. The van der Waals surface area contributed by atoms with Crippen LogP contribution in [0.3, 0.4) is 0 Å². The number of rotatable bonds is 8. The number of hydrogen-bond donors (Lipinski definition) is 1. The summed E-state index contributed by atoms with van der Waals surface area (Å²) in [4.78, 5) is 0. The maximum atomic E-state index is 6.00. The molecule has 1 unspecified atom stereocenters. The van der Waals surface area contributed by atoms with Crippen LogP contribution in [0.2, 0.25) is 5.02 Å². The molecular formula is C14H22ClNO. The minimum absolute atomic E-state index is 0.399. The SMILES string of the molecule is CCC(NCCCCOC)c1cccc(Cl)c1. The van der Waals surface area contributed by atoms with E-state index in [2.05, 4.69) is 18.3 Å². The van der Waals surface area contributed by atoms with Gasteiger partial charge >= 0.3 is 0 Å². The second-order valence-corrected chi connectivity index (χ2v) is 4.61. The van der Waals surface area contributed by atoms with Gasteiger partial charge < -0.3 is 10.1 Å². The Morgan fingerprint density at radius 3 is 2.82 bits per heavy atom. The minimum atomic E-state index is 0.399. The van der Waals surface area contributed by atoms with E-state index < -0.39 is 0 Å². The molecule has 0 heterocycles. The zero-order chi connectivity index (χ0) is 12.5. The van der Waals surface area contributed by atoms with Crippen LogP contribution in [0.1, 0.15) is 37.8 Å². The van der Waals surface area contributed by atoms with Gasteiger partial charge in [0.25, 0.3) is 0 Å². The van der Waals surface area contributed by atoms with Crippen molar-refractivity contribution in [3.05, 3.63) is 34.9 Å². The summed E-state index contributed by atoms with van der Waals surface area (Å²) < 4.78 is 5.03. The number of benzene rings is 1. The van der Waals surface area contributed by atoms with E-state index >= 15 is 0 Å². The highest BCUT2D eigenvalue weighted by molar-refractivity contribution is 6.30. The van der Waals surface area contributed by atoms with Crippen LogP contribution in [0.4, 0.5) is 0 Å². The van der Waals surface area contributed by atoms with Gasteiger partial charge in [0.2, 0.25) is 0 Å². The highest BCUT2D eigenvalue weighted by Crippen LogP contribution is 2.20. The van der Waals surface area contributed by atoms with Crippen LogP contribution in [0.25, 0.3) is 0 Å². The molecule has 0 aliphatic carbocycles. The lowest BCUT2D eigenvalue weighted by Gasteiger charge is -2.17. The van der Waals surface area contributed by atoms with Crippen molar-refractivity contribution in [1.29, 1.82) is 0 Å². The van der Waals surface area contributed by atoms with E-state index in [1.165, 1.54) is 5.56 Å². The fourth-order valence-corrected chi connectivity index (χ4v) is 2.07. The van der Waals surface area contributed by atoms with E-state index in [1.807, 2.05) is 18.2 Å². The fraction of sp³-hybridized carbons (Fsp3) is 0.571. The van der Waals surface area contributed by atoms with Crippen molar-refractivity contribution >= 4 is 11.6 Å². The third-order valence-electron chi connectivity index (χ3n) is 2.83. The van der Waals surface area contributed by atoms with Crippen LogP contribution in [0.5, 0.6) is 0 Å². The highest BCUT2D eigenvalue weighted by atomic mass is 35.5. The third-order valence-corrected chi connectivity index (χ3v) is 3.06. The Labute approximate surface area is 109 Å². The summed E-state index contributed by atoms with van der Waals surface area (Å²) in [6.45, 7) is 4.05. The highest BCUT2D eigenvalue weighted by Gasteiger charge is 2.08. The summed E-state index contributed by atoms with van der Waals surface area (Å²) in [5, 5.41) is 4.37. The van der Waals surface area contributed by atoms with Crippen LogP contribution in [-0.2, 0) is 4.74 Å². The predicted molar refractivity (Wildman–Crippen MR) is 73.6 cm³/mol. The lowest BCUT2D eigenvalue weighted by molar-refractivity contribution is 0.192. The molecule has 2 nitrogen and oxygen atoms in total. The largest absolute Gasteiger partial charge is 0.385 e. The first-order chi connectivity index (χ1) is 8.27. The quantitative estimate of drug-likeness (QED) is 0.714. The summed E-state index contributed by atoms with van der Waals surface area (Å²) in [6, 6.07) is 8.49. The van der Waals surface area contributed by atoms with Crippen molar-refractivity contribution in [2.75, 3.05) is 20.3 Å². The van der Waals surface area contributed by atoms with Gasteiger partial charge in [-0.15, -0.1) is 0 Å². The summed E-state index contributed by atoms with van der Waals surface area (Å²) >= 11 is 6.00. The molecule has 17 heavy (non-hydrogen) atoms. The fourth-order valence-electron chi connectivity index (χ4n) is 1.87. The van der Waals surface area contributed by atoms with Gasteiger partial charge in [-0.25, -0.2) is 0 Å². The Morgan fingerprint density at radius 1 is 1.35 bits per heavy atom. The number of halogens is 1. The second-order valence-electron chi connectivity index (χ2n) is 4.17. The van der Waals surface area contributed by atoms with Gasteiger partial charge in [-0.1, -0.05) is 30.7 Å². The summed E-state index contributed by atoms with van der Waals surface area (Å²) in [7, 11) is 1.74. The van der Waals surface area contributed by atoms with Crippen molar-refractivity contribution in [1.82, 2.24) is 5.32 Å². The van der Waals surface area contributed by atoms with Crippen LogP contribution in [-0.4, -0.2) is 20.3 Å². The zero-order valence-electron chi connectivity index (χ0n) is 10.7. The molecule has 0 aliphatic rings. The van der Waals surface area contributed by atoms with Gasteiger partial charge in [0.05, 0.1) is 0 Å². The molecule has 0 fully saturated rings. The predicted octanol–water partition coefficient (Wildman–Crippen LogP) is 3.81. The Balaban J connectivity index is 2.38. The first-order valence-electron chi connectivity index (χ1n) is 6.25. The molecule has 0 aromatic heterocycles. The smallest absolute Gasteiger partial charge is 0.0462 e. The van der Waals surface area contributed by atoms with Crippen molar-refractivity contribution in [3.8, 4) is 0 Å². The number of nitrogens with one attached hydrogen (secondary N) is 1. The molecule has 0 saturated carbocycles. The van der Waals surface area contributed by atoms with Gasteiger partial charge in [0.1, 0.15) is 0 Å². The maximum Gasteiger partial charge on any atom is 0.0462 e. The van der Waals surface area contributed by atoms with Gasteiger partial charge in [-0.2, -0.15) is 0 Å². The molecule has 0 bridgehead atoms. The van der Waals surface area contributed by atoms with Crippen molar-refractivity contribution in [3.63, 3.8) is 0 Å². The second kappa shape index (κ2) is 8.51. The molecule has 0 amide bonds. The van der Waals surface area contributed by atoms with E-state index in [0.29, 0.717) is 6.04 Å². The van der Waals surface area contributed by atoms with E-state index in [-0.39, 0.29) is 0 Å². The molecule has 3 heteroatoms. The minimum Gasteiger partial charge on any atom is -0.385 e.